The molecule has 4 N–H and O–H groups in total. The summed E-state index contributed by atoms with van der Waals surface area (Å²) in [4.78, 5) is 14.7. The van der Waals surface area contributed by atoms with Gasteiger partial charge >= 0.3 is 0 Å². The predicted octanol–water partition coefficient (Wildman–Crippen LogP) is 0.147. The lowest BCUT2D eigenvalue weighted by Gasteiger charge is -2.41. The monoisotopic (exact) mass is 377 g/mol. The van der Waals surface area contributed by atoms with Crippen LogP contribution in [0.2, 0.25) is 0 Å². The molecule has 140 valence electrons. The summed E-state index contributed by atoms with van der Waals surface area (Å²) in [6.07, 6.45) is 0.258. The predicted molar refractivity (Wildman–Crippen MR) is 100 cm³/mol. The van der Waals surface area contributed by atoms with Gasteiger partial charge in [0.2, 0.25) is 5.91 Å². The van der Waals surface area contributed by atoms with E-state index in [9.17, 15) is 15.0 Å². The quantitative estimate of drug-likeness (QED) is 0.555. The largest absolute Gasteiger partial charge is 0.497 e. The van der Waals surface area contributed by atoms with Crippen molar-refractivity contribution < 1.29 is 19.7 Å². The third-order valence-electron chi connectivity index (χ3n) is 5.46. The van der Waals surface area contributed by atoms with Crippen molar-refractivity contribution in [3.05, 3.63) is 24.3 Å². The molecule has 0 aromatic heterocycles. The molecule has 1 aromatic carbocycles. The van der Waals surface area contributed by atoms with Crippen LogP contribution in [0.5, 0.6) is 5.75 Å². The zero-order chi connectivity index (χ0) is 18.4. The summed E-state index contributed by atoms with van der Waals surface area (Å²) in [5.41, 5.74) is 0.823. The highest BCUT2D eigenvalue weighted by Gasteiger charge is 2.54. The van der Waals surface area contributed by atoms with Crippen molar-refractivity contribution in [3.63, 3.8) is 0 Å². The smallest absolute Gasteiger partial charge is 0.225 e. The average molecular weight is 377 g/mol. The third kappa shape index (κ3) is 3.02. The Bertz CT molecular complexity index is 709. The summed E-state index contributed by atoms with van der Waals surface area (Å²) in [5, 5.41) is 27.3. The van der Waals surface area contributed by atoms with Gasteiger partial charge in [-0.15, -0.1) is 0 Å². The van der Waals surface area contributed by atoms with E-state index in [1.807, 2.05) is 29.2 Å². The van der Waals surface area contributed by atoms with E-state index in [0.717, 1.165) is 24.3 Å². The number of amides is 1. The summed E-state index contributed by atoms with van der Waals surface area (Å²) >= 11 is 5.49. The zero-order valence-corrected chi connectivity index (χ0v) is 15.3. The number of hydrogen-bond donors (Lipinski definition) is 4. The van der Waals surface area contributed by atoms with Crippen LogP contribution in [0.15, 0.2) is 24.3 Å². The van der Waals surface area contributed by atoms with Crippen molar-refractivity contribution >= 4 is 28.9 Å². The van der Waals surface area contributed by atoms with Crippen LogP contribution in [-0.2, 0) is 4.79 Å². The number of aliphatic hydroxyl groups is 2. The number of ether oxygens (including phenoxy) is 1. The van der Waals surface area contributed by atoms with Gasteiger partial charge in [0.05, 0.1) is 31.2 Å². The number of hydrogen-bond acceptors (Lipinski definition) is 5. The second-order valence-electron chi connectivity index (χ2n) is 7.22. The van der Waals surface area contributed by atoms with Crippen LogP contribution >= 0.6 is 12.2 Å². The zero-order valence-electron chi connectivity index (χ0n) is 14.5. The van der Waals surface area contributed by atoms with Gasteiger partial charge < -0.3 is 30.5 Å². The van der Waals surface area contributed by atoms with Gasteiger partial charge in [-0.05, 0) is 55.7 Å². The highest BCUT2D eigenvalue weighted by molar-refractivity contribution is 7.80. The minimum Gasteiger partial charge on any atom is -0.497 e. The van der Waals surface area contributed by atoms with Crippen molar-refractivity contribution in [2.75, 3.05) is 12.0 Å². The summed E-state index contributed by atoms with van der Waals surface area (Å²) in [7, 11) is 1.60. The number of methoxy groups -OCH3 is 1. The highest BCUT2D eigenvalue weighted by Crippen LogP contribution is 2.37. The first-order chi connectivity index (χ1) is 12.5. The fourth-order valence-electron chi connectivity index (χ4n) is 3.92. The normalized spacial score (nSPS) is 33.4. The number of aliphatic hydroxyl groups excluding tert-OH is 2. The number of rotatable bonds is 4. The fourth-order valence-corrected chi connectivity index (χ4v) is 4.28. The maximum atomic E-state index is 12.8. The van der Waals surface area contributed by atoms with Crippen LogP contribution < -0.4 is 20.3 Å². The molecule has 3 aliphatic rings. The molecule has 1 aliphatic heterocycles. The number of nitrogens with zero attached hydrogens (tertiary/aromatic N) is 1. The number of anilines is 1. The Morgan fingerprint density at radius 3 is 2.62 bits per heavy atom. The van der Waals surface area contributed by atoms with Gasteiger partial charge in [0.25, 0.3) is 0 Å². The van der Waals surface area contributed by atoms with Crippen molar-refractivity contribution in [1.29, 1.82) is 0 Å². The summed E-state index contributed by atoms with van der Waals surface area (Å²) in [6.45, 7) is 0. The van der Waals surface area contributed by atoms with Crippen LogP contribution in [0.4, 0.5) is 5.69 Å². The van der Waals surface area contributed by atoms with Gasteiger partial charge in [-0.1, -0.05) is 0 Å². The molecule has 0 bridgehead atoms. The van der Waals surface area contributed by atoms with Gasteiger partial charge in [-0.2, -0.15) is 0 Å². The minimum atomic E-state index is -0.980. The van der Waals surface area contributed by atoms with Crippen LogP contribution in [0.25, 0.3) is 0 Å². The Balaban J connectivity index is 1.66. The maximum absolute atomic E-state index is 12.8. The number of fused-ring (bicyclic) bond motifs is 1. The molecular weight excluding hydrogens is 354 g/mol. The van der Waals surface area contributed by atoms with E-state index in [2.05, 4.69) is 10.6 Å². The molecule has 3 fully saturated rings. The van der Waals surface area contributed by atoms with Crippen molar-refractivity contribution in [2.24, 2.45) is 5.92 Å². The Morgan fingerprint density at radius 1 is 1.31 bits per heavy atom. The topological polar surface area (TPSA) is 94.1 Å². The Morgan fingerprint density at radius 2 is 2.00 bits per heavy atom. The van der Waals surface area contributed by atoms with Gasteiger partial charge in [0.15, 0.2) is 5.11 Å². The fraction of sp³-hybridized carbons (Fsp3) is 0.556. The number of nitrogens with one attached hydrogen (secondary N) is 2. The molecule has 2 aliphatic carbocycles. The second-order valence-corrected chi connectivity index (χ2v) is 7.60. The second kappa shape index (κ2) is 6.68. The van der Waals surface area contributed by atoms with E-state index >= 15 is 0 Å². The molecular formula is C18H23N3O4S. The first kappa shape index (κ1) is 17.5. The molecule has 4 rings (SSSR count). The van der Waals surface area contributed by atoms with E-state index in [0.29, 0.717) is 5.11 Å². The van der Waals surface area contributed by atoms with Crippen LogP contribution in [0.1, 0.15) is 19.3 Å². The molecule has 1 aromatic rings. The molecule has 5 atom stereocenters. The molecule has 1 heterocycles. The Hall–Kier alpha value is -1.90. The molecule has 1 amide bonds. The van der Waals surface area contributed by atoms with E-state index in [4.69, 9.17) is 17.0 Å². The molecule has 7 nitrogen and oxygen atoms in total. The molecule has 2 saturated carbocycles. The minimum absolute atomic E-state index is 0.0848. The standard InChI is InChI=1S/C18H23N3O4S/c1-25-11-6-4-10(5-7-11)21-15-12(17(24)19-9-2-3-9)8-13(22)16(23)14(15)20-18(21)26/h4-7,9,12-16,22-23H,2-3,8H2,1H3,(H,19,24)(H,20,26)/t12-,13-,14-,15-,16+/m1/s1. The number of carbonyl (C=O) groups is 1. The Labute approximate surface area is 157 Å². The first-order valence-corrected chi connectivity index (χ1v) is 9.30. The molecule has 0 spiro atoms. The lowest BCUT2D eigenvalue weighted by atomic mass is 9.77. The third-order valence-corrected chi connectivity index (χ3v) is 5.77. The van der Waals surface area contributed by atoms with Gasteiger partial charge in [-0.25, -0.2) is 0 Å². The van der Waals surface area contributed by atoms with Gasteiger partial charge in [0, 0.05) is 11.7 Å². The maximum Gasteiger partial charge on any atom is 0.225 e. The van der Waals surface area contributed by atoms with Gasteiger partial charge in [0.1, 0.15) is 11.9 Å². The molecule has 0 radical (unpaired) electrons. The van der Waals surface area contributed by atoms with E-state index < -0.39 is 24.2 Å². The summed E-state index contributed by atoms with van der Waals surface area (Å²) in [6, 6.07) is 6.81. The van der Waals surface area contributed by atoms with Crippen LogP contribution in [-0.4, -0.2) is 58.7 Å². The van der Waals surface area contributed by atoms with Crippen molar-refractivity contribution in [1.82, 2.24) is 10.6 Å². The number of thiocarbonyl (C=S) groups is 1. The first-order valence-electron chi connectivity index (χ1n) is 8.90. The van der Waals surface area contributed by atoms with Crippen molar-refractivity contribution in [2.45, 2.75) is 49.6 Å². The van der Waals surface area contributed by atoms with Crippen LogP contribution in [0.3, 0.4) is 0 Å². The summed E-state index contributed by atoms with van der Waals surface area (Å²) in [5.74, 6) is 0.179. The molecule has 1 saturated heterocycles. The Kier molecular flexibility index (Phi) is 4.50. The molecule has 0 unspecified atom stereocenters. The average Bonchev–Trinajstić information content (AvgIpc) is 3.38. The lowest BCUT2D eigenvalue weighted by molar-refractivity contribution is -0.131. The van der Waals surface area contributed by atoms with E-state index in [1.165, 1.54) is 0 Å². The number of carbonyl (C=O) groups excluding carboxylic acids is 1. The van der Waals surface area contributed by atoms with Gasteiger partial charge in [-0.3, -0.25) is 4.79 Å². The molecule has 8 heteroatoms. The van der Waals surface area contributed by atoms with Crippen molar-refractivity contribution in [3.8, 4) is 5.75 Å². The number of benzene rings is 1. The van der Waals surface area contributed by atoms with E-state index in [1.54, 1.807) is 7.11 Å². The highest BCUT2D eigenvalue weighted by atomic mass is 32.1. The summed E-state index contributed by atoms with van der Waals surface area (Å²) < 4.78 is 5.20. The van der Waals surface area contributed by atoms with E-state index in [-0.39, 0.29) is 24.4 Å². The lowest BCUT2D eigenvalue weighted by Crippen LogP contribution is -2.61. The SMILES string of the molecule is COc1ccc(N2C(=S)N[C@H]3[C@@H](O)[C@H](O)C[C@@H](C(=O)NC4CC4)[C@H]32)cc1. The van der Waals surface area contributed by atoms with Crippen LogP contribution in [0, 0.1) is 5.92 Å². The molecule has 26 heavy (non-hydrogen) atoms.